The largest absolute Gasteiger partial charge is 0.412 e. The van der Waals surface area contributed by atoms with Crippen molar-refractivity contribution in [2.24, 2.45) is 0 Å². The monoisotopic (exact) mass is 207 g/mol. The third-order valence-corrected chi connectivity index (χ3v) is 1.51. The molecule has 0 bridgehead atoms. The van der Waals surface area contributed by atoms with E-state index in [-0.39, 0.29) is 5.48 Å². The van der Waals surface area contributed by atoms with Crippen LogP contribution in [0.3, 0.4) is 0 Å². The van der Waals surface area contributed by atoms with Crippen molar-refractivity contribution in [2.75, 3.05) is 27.7 Å². The van der Waals surface area contributed by atoms with Crippen molar-refractivity contribution in [2.45, 2.75) is 45.4 Å². The molecular weight excluding hydrogens is 178 g/mol. The van der Waals surface area contributed by atoms with E-state index in [1.807, 2.05) is 26.0 Å². The Morgan fingerprint density at radius 3 is 1.57 bits per heavy atom. The summed E-state index contributed by atoms with van der Waals surface area (Å²) in [6, 6.07) is 0. The van der Waals surface area contributed by atoms with Gasteiger partial charge in [0.05, 0.1) is 0 Å². The van der Waals surface area contributed by atoms with Crippen molar-refractivity contribution >= 4 is 0 Å². The second kappa shape index (κ2) is 18.6. The predicted octanol–water partition coefficient (Wildman–Crippen LogP) is 1.69. The summed E-state index contributed by atoms with van der Waals surface area (Å²) in [5, 5.41) is 8.42. The van der Waals surface area contributed by atoms with Crippen molar-refractivity contribution in [1.82, 2.24) is 4.90 Å². The zero-order valence-electron chi connectivity index (χ0n) is 10.3. The first-order valence-electron chi connectivity index (χ1n) is 5.36. The molecule has 3 N–H and O–H groups in total. The number of nitrogens with zero attached hydrogens (tertiary/aromatic N) is 1. The van der Waals surface area contributed by atoms with E-state index in [0.29, 0.717) is 6.61 Å². The SMILES string of the molecule is CCCCCCCCO.CN(C)C.O. The van der Waals surface area contributed by atoms with Gasteiger partial charge in [-0.25, -0.2) is 0 Å². The molecule has 0 amide bonds. The third-order valence-electron chi connectivity index (χ3n) is 1.51. The summed E-state index contributed by atoms with van der Waals surface area (Å²) in [5.74, 6) is 0. The molecule has 90 valence electrons. The van der Waals surface area contributed by atoms with Crippen LogP contribution in [0.5, 0.6) is 0 Å². The van der Waals surface area contributed by atoms with Gasteiger partial charge in [0.15, 0.2) is 0 Å². The number of aliphatic hydroxyl groups is 1. The lowest BCUT2D eigenvalue weighted by Crippen LogP contribution is -1.99. The summed E-state index contributed by atoms with van der Waals surface area (Å²) in [6.07, 6.45) is 7.50. The van der Waals surface area contributed by atoms with Crippen LogP contribution in [0.4, 0.5) is 0 Å². The summed E-state index contributed by atoms with van der Waals surface area (Å²) >= 11 is 0. The van der Waals surface area contributed by atoms with Crippen LogP contribution in [0.15, 0.2) is 0 Å². The average molecular weight is 207 g/mol. The first kappa shape index (κ1) is 19.5. The lowest BCUT2D eigenvalue weighted by molar-refractivity contribution is 0.282. The molecule has 0 aliphatic heterocycles. The Morgan fingerprint density at radius 1 is 0.857 bits per heavy atom. The zero-order chi connectivity index (χ0) is 10.5. The van der Waals surface area contributed by atoms with Crippen LogP contribution in [0.25, 0.3) is 0 Å². The molecule has 0 radical (unpaired) electrons. The van der Waals surface area contributed by atoms with E-state index in [1.165, 1.54) is 32.1 Å². The molecule has 0 aromatic carbocycles. The molecule has 14 heavy (non-hydrogen) atoms. The molecule has 0 spiro atoms. The summed E-state index contributed by atoms with van der Waals surface area (Å²) in [5.41, 5.74) is 0. The van der Waals surface area contributed by atoms with Crippen LogP contribution in [0.2, 0.25) is 0 Å². The Hall–Kier alpha value is -0.120. The van der Waals surface area contributed by atoms with Crippen molar-refractivity contribution in [3.05, 3.63) is 0 Å². The van der Waals surface area contributed by atoms with Crippen LogP contribution in [-0.4, -0.2) is 43.2 Å². The fourth-order valence-electron chi connectivity index (χ4n) is 0.892. The minimum atomic E-state index is 0. The Balaban J connectivity index is -0.000000209. The van der Waals surface area contributed by atoms with E-state index >= 15 is 0 Å². The van der Waals surface area contributed by atoms with Crippen LogP contribution >= 0.6 is 0 Å². The maximum atomic E-state index is 8.42. The van der Waals surface area contributed by atoms with Gasteiger partial charge in [-0.3, -0.25) is 0 Å². The van der Waals surface area contributed by atoms with E-state index in [0.717, 1.165) is 6.42 Å². The number of unbranched alkanes of at least 4 members (excludes halogenated alkanes) is 5. The molecule has 3 heteroatoms. The molecule has 0 aliphatic carbocycles. The van der Waals surface area contributed by atoms with Gasteiger partial charge in [-0.05, 0) is 27.6 Å². The maximum Gasteiger partial charge on any atom is 0.0431 e. The van der Waals surface area contributed by atoms with Crippen LogP contribution in [0, 0.1) is 0 Å². The van der Waals surface area contributed by atoms with E-state index in [2.05, 4.69) is 6.92 Å². The highest BCUT2D eigenvalue weighted by Crippen LogP contribution is 2.03. The second-order valence-electron chi connectivity index (χ2n) is 3.83. The molecule has 0 aromatic rings. The first-order chi connectivity index (χ1) is 6.15. The standard InChI is InChI=1S/C8H18O.C3H9N.H2O/c1-2-3-4-5-6-7-8-9;1-4(2)3;/h9H,2-8H2,1H3;1-3H3;1H2. The summed E-state index contributed by atoms with van der Waals surface area (Å²) in [4.78, 5) is 2.00. The Bertz CT molecular complexity index is 68.9. The highest BCUT2D eigenvalue weighted by molar-refractivity contribution is 4.41. The van der Waals surface area contributed by atoms with Gasteiger partial charge in [-0.2, -0.15) is 0 Å². The number of hydrogen-bond acceptors (Lipinski definition) is 2. The molecule has 3 nitrogen and oxygen atoms in total. The van der Waals surface area contributed by atoms with Gasteiger partial charge >= 0.3 is 0 Å². The van der Waals surface area contributed by atoms with E-state index in [9.17, 15) is 0 Å². The molecule has 0 saturated carbocycles. The van der Waals surface area contributed by atoms with Gasteiger partial charge in [0.25, 0.3) is 0 Å². The lowest BCUT2D eigenvalue weighted by atomic mass is 10.1. The van der Waals surface area contributed by atoms with Crippen molar-refractivity contribution in [1.29, 1.82) is 0 Å². The number of aliphatic hydroxyl groups excluding tert-OH is 1. The molecule has 0 rings (SSSR count). The van der Waals surface area contributed by atoms with Crippen molar-refractivity contribution in [3.8, 4) is 0 Å². The van der Waals surface area contributed by atoms with Crippen LogP contribution in [0.1, 0.15) is 45.4 Å². The number of rotatable bonds is 6. The van der Waals surface area contributed by atoms with Gasteiger partial charge in [0.2, 0.25) is 0 Å². The van der Waals surface area contributed by atoms with Gasteiger partial charge in [-0.15, -0.1) is 0 Å². The maximum absolute atomic E-state index is 8.42. The molecule has 0 atom stereocenters. The minimum Gasteiger partial charge on any atom is -0.412 e. The predicted molar refractivity (Wildman–Crippen MR) is 63.7 cm³/mol. The average Bonchev–Trinajstić information content (AvgIpc) is 2.03. The topological polar surface area (TPSA) is 55.0 Å². The molecule has 0 aromatic heterocycles. The third kappa shape index (κ3) is 40.7. The van der Waals surface area contributed by atoms with Gasteiger partial charge in [0, 0.05) is 6.61 Å². The van der Waals surface area contributed by atoms with Crippen LogP contribution in [-0.2, 0) is 0 Å². The number of hydrogen-bond donors (Lipinski definition) is 1. The van der Waals surface area contributed by atoms with Crippen LogP contribution < -0.4 is 0 Å². The van der Waals surface area contributed by atoms with E-state index in [1.54, 1.807) is 0 Å². The first-order valence-corrected chi connectivity index (χ1v) is 5.36. The van der Waals surface area contributed by atoms with Crippen molar-refractivity contribution in [3.63, 3.8) is 0 Å². The smallest absolute Gasteiger partial charge is 0.0431 e. The van der Waals surface area contributed by atoms with E-state index in [4.69, 9.17) is 5.11 Å². The fourth-order valence-corrected chi connectivity index (χ4v) is 0.892. The Kier molecular flexibility index (Phi) is 25.9. The molecule has 0 heterocycles. The summed E-state index contributed by atoms with van der Waals surface area (Å²) in [6.45, 7) is 2.58. The molecular formula is C11H29NO2. The van der Waals surface area contributed by atoms with E-state index < -0.39 is 0 Å². The molecule has 0 unspecified atom stereocenters. The summed E-state index contributed by atoms with van der Waals surface area (Å²) in [7, 11) is 6.00. The molecule has 0 fully saturated rings. The normalized spacial score (nSPS) is 9.00. The Labute approximate surface area is 89.4 Å². The highest BCUT2D eigenvalue weighted by atomic mass is 16.2. The van der Waals surface area contributed by atoms with Gasteiger partial charge in [0.1, 0.15) is 0 Å². The minimum absolute atomic E-state index is 0. The lowest BCUT2D eigenvalue weighted by Gasteiger charge is -1.95. The molecule has 0 saturated heterocycles. The molecule has 0 aliphatic rings. The second-order valence-corrected chi connectivity index (χ2v) is 3.83. The zero-order valence-corrected chi connectivity index (χ0v) is 10.3. The Morgan fingerprint density at radius 2 is 1.21 bits per heavy atom. The summed E-state index contributed by atoms with van der Waals surface area (Å²) < 4.78 is 0. The van der Waals surface area contributed by atoms with Crippen molar-refractivity contribution < 1.29 is 10.6 Å². The fraction of sp³-hybridized carbons (Fsp3) is 1.00. The van der Waals surface area contributed by atoms with Gasteiger partial charge in [-0.1, -0.05) is 39.0 Å². The quantitative estimate of drug-likeness (QED) is 0.674. The highest BCUT2D eigenvalue weighted by Gasteiger charge is 1.86. The van der Waals surface area contributed by atoms with Gasteiger partial charge < -0.3 is 15.5 Å².